The molecule has 6 heteroatoms. The summed E-state index contributed by atoms with van der Waals surface area (Å²) < 4.78 is 24.5. The highest BCUT2D eigenvalue weighted by molar-refractivity contribution is 7.89. The Kier molecular flexibility index (Phi) is 6.25. The average molecular weight is 271 g/mol. The molecule has 1 heterocycles. The predicted octanol–water partition coefficient (Wildman–Crippen LogP) is 1.08. The molecule has 0 unspecified atom stereocenters. The summed E-state index contributed by atoms with van der Waals surface area (Å²) in [5.41, 5.74) is 0.254. The zero-order valence-corrected chi connectivity index (χ0v) is 12.0. The summed E-state index contributed by atoms with van der Waals surface area (Å²) in [6.07, 6.45) is 0.779. The lowest BCUT2D eigenvalue weighted by Crippen LogP contribution is -2.36. The Morgan fingerprint density at radius 3 is 2.38 bits per heavy atom. The lowest BCUT2D eigenvalue weighted by Gasteiger charge is -2.20. The molecular weight excluding hydrogens is 248 g/mol. The van der Waals surface area contributed by atoms with E-state index in [4.69, 9.17) is 0 Å². The number of hydrogen-bond donors (Lipinski definition) is 1. The first-order valence-electron chi connectivity index (χ1n) is 5.50. The van der Waals surface area contributed by atoms with E-state index in [1.807, 2.05) is 0 Å². The highest BCUT2D eigenvalue weighted by Crippen LogP contribution is 2.12. The van der Waals surface area contributed by atoms with Gasteiger partial charge in [0.05, 0.1) is 5.75 Å². The number of halogens is 1. The highest BCUT2D eigenvalue weighted by Gasteiger charge is 2.27. The van der Waals surface area contributed by atoms with E-state index in [1.165, 1.54) is 0 Å². The fourth-order valence-electron chi connectivity index (χ4n) is 1.61. The molecule has 0 aromatic heterocycles. The zero-order chi connectivity index (χ0) is 11.5. The van der Waals surface area contributed by atoms with Gasteiger partial charge in [-0.2, -0.15) is 0 Å². The van der Waals surface area contributed by atoms with Crippen LogP contribution in [-0.4, -0.2) is 44.7 Å². The van der Waals surface area contributed by atoms with E-state index in [9.17, 15) is 8.42 Å². The third-order valence-electron chi connectivity index (χ3n) is 2.40. The Hall–Kier alpha value is 0.160. The van der Waals surface area contributed by atoms with Crippen molar-refractivity contribution < 1.29 is 8.42 Å². The number of nitrogens with one attached hydrogen (secondary N) is 1. The van der Waals surface area contributed by atoms with Gasteiger partial charge in [-0.3, -0.25) is 0 Å². The van der Waals surface area contributed by atoms with Crippen LogP contribution in [0.2, 0.25) is 0 Å². The largest absolute Gasteiger partial charge is 0.315 e. The molecule has 0 bridgehead atoms. The second kappa shape index (κ2) is 6.19. The Labute approximate surface area is 105 Å². The topological polar surface area (TPSA) is 49.4 Å². The molecular formula is C10H23ClN2O2S. The molecule has 1 rings (SSSR count). The number of rotatable bonds is 4. The van der Waals surface area contributed by atoms with E-state index < -0.39 is 10.0 Å². The average Bonchev–Trinajstić information content (AvgIpc) is 2.37. The molecule has 0 aliphatic carbocycles. The molecule has 1 aliphatic rings. The van der Waals surface area contributed by atoms with Crippen molar-refractivity contribution in [3.8, 4) is 0 Å². The molecule has 1 fully saturated rings. The summed E-state index contributed by atoms with van der Waals surface area (Å²) in [7, 11) is -2.91. The molecule has 0 saturated carbocycles. The van der Waals surface area contributed by atoms with Crippen LogP contribution in [0.25, 0.3) is 0 Å². The summed E-state index contributed by atoms with van der Waals surface area (Å²) >= 11 is 0. The van der Waals surface area contributed by atoms with Gasteiger partial charge in [0.15, 0.2) is 0 Å². The van der Waals surface area contributed by atoms with Crippen LogP contribution in [0.1, 0.15) is 27.2 Å². The highest BCUT2D eigenvalue weighted by atomic mass is 35.5. The Morgan fingerprint density at radius 1 is 1.31 bits per heavy atom. The van der Waals surface area contributed by atoms with Gasteiger partial charge in [-0.15, -0.1) is 12.4 Å². The van der Waals surface area contributed by atoms with Gasteiger partial charge < -0.3 is 5.32 Å². The summed E-state index contributed by atoms with van der Waals surface area (Å²) in [5, 5.41) is 3.28. The van der Waals surface area contributed by atoms with E-state index in [1.54, 1.807) is 4.31 Å². The Bertz CT molecular complexity index is 298. The van der Waals surface area contributed by atoms with Crippen molar-refractivity contribution in [2.75, 3.05) is 31.9 Å². The lowest BCUT2D eigenvalue weighted by molar-refractivity contribution is 0.363. The van der Waals surface area contributed by atoms with Crippen molar-refractivity contribution in [1.82, 2.24) is 9.62 Å². The van der Waals surface area contributed by atoms with Crippen LogP contribution in [0, 0.1) is 5.41 Å². The van der Waals surface area contributed by atoms with Crippen molar-refractivity contribution >= 4 is 22.4 Å². The maximum atomic E-state index is 11.5. The standard InChI is InChI=1S/C10H22N2O2S.ClH/c1-10(2,3)9-11-5-7-12-6-4-8-15(12,13)14;/h11H,4-9H2,1-3H3;1H. The third-order valence-corrected chi connectivity index (χ3v) is 4.35. The number of sulfonamides is 1. The van der Waals surface area contributed by atoms with Crippen LogP contribution in [0.15, 0.2) is 0 Å². The van der Waals surface area contributed by atoms with Crippen molar-refractivity contribution in [2.45, 2.75) is 27.2 Å². The molecule has 98 valence electrons. The SMILES string of the molecule is CC(C)(C)CNCCN1CCCS1(=O)=O.Cl. The first-order chi connectivity index (χ1) is 6.81. The van der Waals surface area contributed by atoms with Gasteiger partial charge >= 0.3 is 0 Å². The van der Waals surface area contributed by atoms with Gasteiger partial charge in [-0.05, 0) is 11.8 Å². The van der Waals surface area contributed by atoms with E-state index in [0.29, 0.717) is 18.8 Å². The summed E-state index contributed by atoms with van der Waals surface area (Å²) in [6.45, 7) is 9.45. The molecule has 0 aromatic carbocycles. The normalized spacial score (nSPS) is 20.7. The van der Waals surface area contributed by atoms with Crippen LogP contribution in [0.4, 0.5) is 0 Å². The molecule has 4 nitrogen and oxygen atoms in total. The summed E-state index contributed by atoms with van der Waals surface area (Å²) in [6, 6.07) is 0. The fourth-order valence-corrected chi connectivity index (χ4v) is 3.14. The van der Waals surface area contributed by atoms with Gasteiger partial charge in [0.1, 0.15) is 0 Å². The maximum absolute atomic E-state index is 11.5. The smallest absolute Gasteiger partial charge is 0.214 e. The first-order valence-corrected chi connectivity index (χ1v) is 7.11. The predicted molar refractivity (Wildman–Crippen MR) is 69.5 cm³/mol. The van der Waals surface area contributed by atoms with Gasteiger partial charge in [0, 0.05) is 26.2 Å². The number of nitrogens with zero attached hydrogens (tertiary/aromatic N) is 1. The summed E-state index contributed by atoms with van der Waals surface area (Å²) in [5.74, 6) is 0.326. The molecule has 1 aliphatic heterocycles. The molecule has 0 aromatic rings. The molecule has 0 radical (unpaired) electrons. The van der Waals surface area contributed by atoms with Gasteiger partial charge in [-0.25, -0.2) is 12.7 Å². The van der Waals surface area contributed by atoms with Gasteiger partial charge in [-0.1, -0.05) is 20.8 Å². The number of hydrogen-bond acceptors (Lipinski definition) is 3. The van der Waals surface area contributed by atoms with E-state index in [0.717, 1.165) is 19.5 Å². The first kappa shape index (κ1) is 16.2. The van der Waals surface area contributed by atoms with Crippen molar-refractivity contribution in [3.63, 3.8) is 0 Å². The maximum Gasteiger partial charge on any atom is 0.214 e. The minimum absolute atomic E-state index is 0. The molecule has 1 saturated heterocycles. The van der Waals surface area contributed by atoms with Gasteiger partial charge in [0.2, 0.25) is 10.0 Å². The third kappa shape index (κ3) is 5.48. The summed E-state index contributed by atoms with van der Waals surface area (Å²) in [4.78, 5) is 0. The molecule has 0 amide bonds. The van der Waals surface area contributed by atoms with Crippen LogP contribution in [-0.2, 0) is 10.0 Å². The lowest BCUT2D eigenvalue weighted by atomic mass is 9.97. The second-order valence-electron chi connectivity index (χ2n) is 5.31. The van der Waals surface area contributed by atoms with Crippen molar-refractivity contribution in [2.24, 2.45) is 5.41 Å². The van der Waals surface area contributed by atoms with E-state index in [2.05, 4.69) is 26.1 Å². The Morgan fingerprint density at radius 2 is 1.94 bits per heavy atom. The Balaban J connectivity index is 0.00000225. The van der Waals surface area contributed by atoms with Crippen LogP contribution in [0.5, 0.6) is 0 Å². The van der Waals surface area contributed by atoms with E-state index >= 15 is 0 Å². The quantitative estimate of drug-likeness (QED) is 0.778. The monoisotopic (exact) mass is 270 g/mol. The van der Waals surface area contributed by atoms with Crippen LogP contribution >= 0.6 is 12.4 Å². The minimum Gasteiger partial charge on any atom is -0.315 e. The van der Waals surface area contributed by atoms with Gasteiger partial charge in [0.25, 0.3) is 0 Å². The van der Waals surface area contributed by atoms with Crippen LogP contribution in [0.3, 0.4) is 0 Å². The van der Waals surface area contributed by atoms with Crippen LogP contribution < -0.4 is 5.32 Å². The molecule has 1 N–H and O–H groups in total. The second-order valence-corrected chi connectivity index (χ2v) is 7.39. The zero-order valence-electron chi connectivity index (χ0n) is 10.3. The molecule has 0 spiro atoms. The molecule has 16 heavy (non-hydrogen) atoms. The van der Waals surface area contributed by atoms with Crippen molar-refractivity contribution in [3.05, 3.63) is 0 Å². The van der Waals surface area contributed by atoms with Crippen molar-refractivity contribution in [1.29, 1.82) is 0 Å². The fraction of sp³-hybridized carbons (Fsp3) is 1.00. The molecule has 0 atom stereocenters. The van der Waals surface area contributed by atoms with E-state index in [-0.39, 0.29) is 17.8 Å². The minimum atomic E-state index is -2.91.